The van der Waals surface area contributed by atoms with E-state index in [0.29, 0.717) is 11.4 Å². The number of aryl methyl sites for hydroxylation is 2. The van der Waals surface area contributed by atoms with Gasteiger partial charge < -0.3 is 5.32 Å². The molecule has 2 rings (SSSR count). The van der Waals surface area contributed by atoms with E-state index in [1.165, 1.54) is 0 Å². The van der Waals surface area contributed by atoms with Gasteiger partial charge in [-0.1, -0.05) is 42.8 Å². The standard InChI is InChI=1S/C18H22N2O3S/c1-4-15-7-5-6-8-17(15)19-18(21)13-20(24(3,22)23)16-11-9-14(2)10-12-16/h5-12H,4,13H2,1-3H3,(H,19,21). The molecule has 2 aromatic rings. The lowest BCUT2D eigenvalue weighted by Gasteiger charge is -2.22. The van der Waals surface area contributed by atoms with E-state index in [-0.39, 0.29) is 12.5 Å². The second kappa shape index (κ2) is 7.49. The Balaban J connectivity index is 2.21. The van der Waals surface area contributed by atoms with Crippen molar-refractivity contribution < 1.29 is 13.2 Å². The Labute approximate surface area is 143 Å². The van der Waals surface area contributed by atoms with Crippen molar-refractivity contribution in [3.05, 3.63) is 59.7 Å². The van der Waals surface area contributed by atoms with Gasteiger partial charge in [0.05, 0.1) is 11.9 Å². The zero-order chi connectivity index (χ0) is 17.7. The van der Waals surface area contributed by atoms with Gasteiger partial charge in [-0.25, -0.2) is 8.42 Å². The summed E-state index contributed by atoms with van der Waals surface area (Å²) in [6.45, 7) is 3.66. The predicted octanol–water partition coefficient (Wildman–Crippen LogP) is 2.96. The molecule has 0 aliphatic heterocycles. The Morgan fingerprint density at radius 1 is 1.08 bits per heavy atom. The van der Waals surface area contributed by atoms with Crippen molar-refractivity contribution in [2.75, 3.05) is 22.4 Å². The Bertz CT molecular complexity index is 814. The number of nitrogens with one attached hydrogen (secondary N) is 1. The molecule has 2 aromatic carbocycles. The van der Waals surface area contributed by atoms with Gasteiger partial charge in [-0.3, -0.25) is 9.10 Å². The monoisotopic (exact) mass is 346 g/mol. The van der Waals surface area contributed by atoms with Gasteiger partial charge in [-0.2, -0.15) is 0 Å². The number of sulfonamides is 1. The fraction of sp³-hybridized carbons (Fsp3) is 0.278. The van der Waals surface area contributed by atoms with E-state index in [2.05, 4.69) is 5.32 Å². The lowest BCUT2D eigenvalue weighted by molar-refractivity contribution is -0.114. The maximum Gasteiger partial charge on any atom is 0.245 e. The Morgan fingerprint density at radius 2 is 1.71 bits per heavy atom. The van der Waals surface area contributed by atoms with Gasteiger partial charge in [0.2, 0.25) is 15.9 Å². The maximum absolute atomic E-state index is 12.4. The number of carbonyl (C=O) groups is 1. The number of benzene rings is 2. The molecular formula is C18H22N2O3S. The fourth-order valence-electron chi connectivity index (χ4n) is 2.38. The lowest BCUT2D eigenvalue weighted by atomic mass is 10.1. The van der Waals surface area contributed by atoms with Crippen LogP contribution < -0.4 is 9.62 Å². The summed E-state index contributed by atoms with van der Waals surface area (Å²) in [5, 5.41) is 2.80. The van der Waals surface area contributed by atoms with Crippen molar-refractivity contribution in [2.45, 2.75) is 20.3 Å². The van der Waals surface area contributed by atoms with Gasteiger partial charge in [-0.15, -0.1) is 0 Å². The average molecular weight is 346 g/mol. The second-order valence-corrected chi connectivity index (χ2v) is 7.57. The number of rotatable bonds is 6. The zero-order valence-electron chi connectivity index (χ0n) is 14.1. The third-order valence-electron chi connectivity index (χ3n) is 3.68. The summed E-state index contributed by atoms with van der Waals surface area (Å²) in [7, 11) is -3.56. The number of carbonyl (C=O) groups excluding carboxylic acids is 1. The number of nitrogens with zero attached hydrogens (tertiary/aromatic N) is 1. The molecule has 24 heavy (non-hydrogen) atoms. The van der Waals surface area contributed by atoms with Gasteiger partial charge in [0.25, 0.3) is 0 Å². The first-order chi connectivity index (χ1) is 11.3. The molecule has 0 atom stereocenters. The molecule has 0 spiro atoms. The summed E-state index contributed by atoms with van der Waals surface area (Å²) in [6.07, 6.45) is 1.88. The van der Waals surface area contributed by atoms with E-state index in [1.807, 2.05) is 50.2 Å². The van der Waals surface area contributed by atoms with E-state index in [9.17, 15) is 13.2 Å². The summed E-state index contributed by atoms with van der Waals surface area (Å²) in [6, 6.07) is 14.5. The molecule has 0 saturated heterocycles. The third-order valence-corrected chi connectivity index (χ3v) is 4.82. The third kappa shape index (κ3) is 4.58. The van der Waals surface area contributed by atoms with Crippen LogP contribution in [0.3, 0.4) is 0 Å². The van der Waals surface area contributed by atoms with E-state index in [0.717, 1.165) is 28.1 Å². The van der Waals surface area contributed by atoms with E-state index >= 15 is 0 Å². The molecule has 0 bridgehead atoms. The number of hydrogen-bond acceptors (Lipinski definition) is 3. The van der Waals surface area contributed by atoms with Crippen LogP contribution in [0.25, 0.3) is 0 Å². The van der Waals surface area contributed by atoms with E-state index < -0.39 is 10.0 Å². The Morgan fingerprint density at radius 3 is 2.29 bits per heavy atom. The normalized spacial score (nSPS) is 11.1. The predicted molar refractivity (Wildman–Crippen MR) is 97.8 cm³/mol. The highest BCUT2D eigenvalue weighted by molar-refractivity contribution is 7.92. The van der Waals surface area contributed by atoms with Crippen molar-refractivity contribution in [3.8, 4) is 0 Å². The van der Waals surface area contributed by atoms with Gasteiger partial charge in [0.15, 0.2) is 0 Å². The SMILES string of the molecule is CCc1ccccc1NC(=O)CN(c1ccc(C)cc1)S(C)(=O)=O. The number of hydrogen-bond donors (Lipinski definition) is 1. The van der Waals surface area contributed by atoms with Crippen LogP contribution in [0.5, 0.6) is 0 Å². The molecule has 0 radical (unpaired) electrons. The highest BCUT2D eigenvalue weighted by Crippen LogP contribution is 2.19. The van der Waals surface area contributed by atoms with Crippen LogP contribution in [0.2, 0.25) is 0 Å². The summed E-state index contributed by atoms with van der Waals surface area (Å²) in [5.41, 5.74) is 3.21. The molecule has 0 heterocycles. The molecule has 0 fully saturated rings. The van der Waals surface area contributed by atoms with Crippen molar-refractivity contribution >= 4 is 27.3 Å². The molecule has 6 heteroatoms. The first-order valence-electron chi connectivity index (χ1n) is 7.73. The van der Waals surface area contributed by atoms with Crippen LogP contribution in [0, 0.1) is 6.92 Å². The molecule has 128 valence electrons. The fourth-order valence-corrected chi connectivity index (χ4v) is 3.24. The highest BCUT2D eigenvalue weighted by atomic mass is 32.2. The number of amides is 1. The van der Waals surface area contributed by atoms with Crippen LogP contribution in [0.4, 0.5) is 11.4 Å². The highest BCUT2D eigenvalue weighted by Gasteiger charge is 2.21. The quantitative estimate of drug-likeness (QED) is 0.874. The van der Waals surface area contributed by atoms with Crippen molar-refractivity contribution in [1.82, 2.24) is 0 Å². The van der Waals surface area contributed by atoms with Gasteiger partial charge in [-0.05, 0) is 37.1 Å². The summed E-state index contributed by atoms with van der Waals surface area (Å²) in [4.78, 5) is 12.4. The smallest absolute Gasteiger partial charge is 0.245 e. The van der Waals surface area contributed by atoms with Gasteiger partial charge >= 0.3 is 0 Å². The topological polar surface area (TPSA) is 66.5 Å². The largest absolute Gasteiger partial charge is 0.324 e. The summed E-state index contributed by atoms with van der Waals surface area (Å²) in [5.74, 6) is -0.373. The Hall–Kier alpha value is -2.34. The van der Waals surface area contributed by atoms with Gasteiger partial charge in [0.1, 0.15) is 6.54 Å². The van der Waals surface area contributed by atoms with E-state index in [1.54, 1.807) is 12.1 Å². The first kappa shape index (κ1) is 18.0. The van der Waals surface area contributed by atoms with E-state index in [4.69, 9.17) is 0 Å². The minimum absolute atomic E-state index is 0.264. The van der Waals surface area contributed by atoms with Crippen molar-refractivity contribution in [1.29, 1.82) is 0 Å². The lowest BCUT2D eigenvalue weighted by Crippen LogP contribution is -2.37. The summed E-state index contributed by atoms with van der Waals surface area (Å²) < 4.78 is 25.3. The molecule has 0 aromatic heterocycles. The molecule has 0 saturated carbocycles. The van der Waals surface area contributed by atoms with Crippen LogP contribution in [-0.2, 0) is 21.2 Å². The molecule has 1 N–H and O–H groups in total. The van der Waals surface area contributed by atoms with Crippen LogP contribution in [-0.4, -0.2) is 27.1 Å². The minimum atomic E-state index is -3.56. The first-order valence-corrected chi connectivity index (χ1v) is 9.58. The zero-order valence-corrected chi connectivity index (χ0v) is 14.9. The molecule has 1 amide bonds. The summed E-state index contributed by atoms with van der Waals surface area (Å²) >= 11 is 0. The molecule has 5 nitrogen and oxygen atoms in total. The van der Waals surface area contributed by atoms with Crippen molar-refractivity contribution in [2.24, 2.45) is 0 Å². The van der Waals surface area contributed by atoms with Crippen LogP contribution in [0.15, 0.2) is 48.5 Å². The maximum atomic E-state index is 12.4. The molecule has 0 aliphatic carbocycles. The molecule has 0 unspecified atom stereocenters. The van der Waals surface area contributed by atoms with Crippen LogP contribution in [0.1, 0.15) is 18.1 Å². The Kier molecular flexibility index (Phi) is 5.62. The number of anilines is 2. The van der Waals surface area contributed by atoms with Gasteiger partial charge in [0, 0.05) is 5.69 Å². The van der Waals surface area contributed by atoms with Crippen LogP contribution >= 0.6 is 0 Å². The average Bonchev–Trinajstić information content (AvgIpc) is 2.53. The second-order valence-electron chi connectivity index (χ2n) is 5.66. The molecular weight excluding hydrogens is 324 g/mol. The van der Waals surface area contributed by atoms with Crippen molar-refractivity contribution in [3.63, 3.8) is 0 Å². The molecule has 0 aliphatic rings. The number of para-hydroxylation sites is 1. The minimum Gasteiger partial charge on any atom is -0.324 e.